The van der Waals surface area contributed by atoms with Crippen molar-refractivity contribution in [2.24, 2.45) is 0 Å². The van der Waals surface area contributed by atoms with Crippen LogP contribution in [0.1, 0.15) is 71.6 Å². The first-order valence-electron chi connectivity index (χ1n) is 15.1. The highest BCUT2D eigenvalue weighted by Gasteiger charge is 2.27. The van der Waals surface area contributed by atoms with Crippen molar-refractivity contribution >= 4 is 30.1 Å². The number of esters is 1. The zero-order chi connectivity index (χ0) is 31.4. The van der Waals surface area contributed by atoms with Crippen molar-refractivity contribution < 1.29 is 14.3 Å². The molecule has 2 heterocycles. The van der Waals surface area contributed by atoms with Gasteiger partial charge in [0.25, 0.3) is 0 Å². The first-order chi connectivity index (χ1) is 21.3. The Hall–Kier alpha value is -3.60. The Morgan fingerprint density at radius 2 is 1.62 bits per heavy atom. The maximum absolute atomic E-state index is 11.6. The van der Waals surface area contributed by atoms with E-state index >= 15 is 0 Å². The molecule has 45 heavy (non-hydrogen) atoms. The molecule has 7 heteroatoms. The van der Waals surface area contributed by atoms with Crippen LogP contribution in [0.5, 0.6) is 0 Å². The zero-order valence-corrected chi connectivity index (χ0v) is 28.4. The highest BCUT2D eigenvalue weighted by Crippen LogP contribution is 2.41. The lowest BCUT2D eigenvalue weighted by Crippen LogP contribution is -2.22. The van der Waals surface area contributed by atoms with Gasteiger partial charge in [0.05, 0.1) is 18.8 Å². The monoisotopic (exact) mass is 642 g/mol. The minimum atomic E-state index is -0.357. The summed E-state index contributed by atoms with van der Waals surface area (Å²) < 4.78 is 11.0. The first-order valence-corrected chi connectivity index (χ1v) is 16.0. The van der Waals surface area contributed by atoms with Gasteiger partial charge in [-0.25, -0.2) is 9.78 Å². The molecule has 0 fully saturated rings. The molecular formula is C38H43ClN2O3S. The topological polar surface area (TPSA) is 51.7 Å². The fraction of sp³-hybridized carbons (Fsp3) is 0.316. The second-order valence-electron chi connectivity index (χ2n) is 11.5. The molecule has 0 N–H and O–H groups in total. The van der Waals surface area contributed by atoms with Crippen LogP contribution >= 0.6 is 24.2 Å². The summed E-state index contributed by atoms with van der Waals surface area (Å²) in [5, 5.41) is 0. The number of benzene rings is 3. The molecule has 5 nitrogen and oxygen atoms in total. The minimum Gasteiger partial charge on any atom is -0.462 e. The van der Waals surface area contributed by atoms with E-state index in [1.165, 1.54) is 40.0 Å². The van der Waals surface area contributed by atoms with Crippen LogP contribution in [0.2, 0.25) is 0 Å². The molecule has 5 rings (SSSR count). The fourth-order valence-corrected chi connectivity index (χ4v) is 6.23. The minimum absolute atomic E-state index is 0. The van der Waals surface area contributed by atoms with Crippen LogP contribution in [0.25, 0.3) is 0 Å². The number of carbonyl (C=O) groups is 1. The predicted molar refractivity (Wildman–Crippen MR) is 187 cm³/mol. The van der Waals surface area contributed by atoms with Crippen LogP contribution < -0.4 is 0 Å². The van der Waals surface area contributed by atoms with E-state index in [-0.39, 0.29) is 29.9 Å². The highest BCUT2D eigenvalue weighted by molar-refractivity contribution is 7.99. The van der Waals surface area contributed by atoms with Crippen molar-refractivity contribution in [2.75, 3.05) is 39.6 Å². The molecule has 4 aromatic rings. The third kappa shape index (κ3) is 10.8. The molecule has 1 aliphatic rings. The average molecular weight is 643 g/mol. The van der Waals surface area contributed by atoms with Gasteiger partial charge in [-0.2, -0.15) is 0 Å². The molecule has 0 saturated carbocycles. The lowest BCUT2D eigenvalue weighted by Gasteiger charge is -2.32. The smallest absolute Gasteiger partial charge is 0.339 e. The van der Waals surface area contributed by atoms with E-state index in [4.69, 9.17) is 9.47 Å². The molecule has 236 valence electrons. The lowest BCUT2D eigenvalue weighted by atomic mass is 9.81. The first kappa shape index (κ1) is 35.9. The van der Waals surface area contributed by atoms with E-state index in [0.717, 1.165) is 18.7 Å². The van der Waals surface area contributed by atoms with Gasteiger partial charge in [-0.15, -0.1) is 24.2 Å². The van der Waals surface area contributed by atoms with Crippen LogP contribution in [0.15, 0.2) is 102 Å². The third-order valence-electron chi connectivity index (χ3n) is 7.33. The Bertz CT molecular complexity index is 1510. The van der Waals surface area contributed by atoms with Gasteiger partial charge in [0.15, 0.2) is 0 Å². The van der Waals surface area contributed by atoms with Gasteiger partial charge >= 0.3 is 5.97 Å². The highest BCUT2D eigenvalue weighted by atomic mass is 35.5. The summed E-state index contributed by atoms with van der Waals surface area (Å²) in [6.07, 6.45) is 2.70. The molecular weight excluding hydrogens is 600 g/mol. The van der Waals surface area contributed by atoms with E-state index < -0.39 is 0 Å². The maximum Gasteiger partial charge on any atom is 0.339 e. The van der Waals surface area contributed by atoms with Gasteiger partial charge < -0.3 is 14.4 Å². The quantitative estimate of drug-likeness (QED) is 0.143. The largest absolute Gasteiger partial charge is 0.462 e. The summed E-state index contributed by atoms with van der Waals surface area (Å²) >= 11 is 1.92. The van der Waals surface area contributed by atoms with Gasteiger partial charge in [0.1, 0.15) is 11.8 Å². The number of thioether (sulfide) groups is 1. The maximum atomic E-state index is 11.6. The number of nitrogens with zero attached hydrogens (tertiary/aromatic N) is 2. The normalized spacial score (nSPS) is 13.0. The number of carbonyl (C=O) groups excluding carboxylic acids is 1. The van der Waals surface area contributed by atoms with Gasteiger partial charge in [0, 0.05) is 23.2 Å². The average Bonchev–Trinajstić information content (AvgIpc) is 3.03. The number of ether oxygens (including phenoxy) is 2. The van der Waals surface area contributed by atoms with Gasteiger partial charge in [0.2, 0.25) is 0 Å². The molecule has 1 aromatic heterocycles. The fourth-order valence-electron chi connectivity index (χ4n) is 4.75. The van der Waals surface area contributed by atoms with Crippen molar-refractivity contribution in [3.63, 3.8) is 0 Å². The van der Waals surface area contributed by atoms with E-state index in [1.54, 1.807) is 19.1 Å². The summed E-state index contributed by atoms with van der Waals surface area (Å²) in [5.41, 5.74) is 6.05. The Balaban J connectivity index is 0.000000249. The van der Waals surface area contributed by atoms with Crippen molar-refractivity contribution in [2.45, 2.75) is 43.6 Å². The summed E-state index contributed by atoms with van der Waals surface area (Å²) in [4.78, 5) is 19.4. The number of hydrogen-bond donors (Lipinski definition) is 0. The summed E-state index contributed by atoms with van der Waals surface area (Å²) in [5.74, 6) is 7.07. The number of fused-ring (bicyclic) bond motifs is 1. The number of halogens is 1. The van der Waals surface area contributed by atoms with Crippen LogP contribution in [0, 0.1) is 11.8 Å². The predicted octanol–water partition coefficient (Wildman–Crippen LogP) is 8.21. The molecule has 0 saturated heterocycles. The van der Waals surface area contributed by atoms with E-state index in [2.05, 4.69) is 116 Å². The Kier molecular flexibility index (Phi) is 14.2. The van der Waals surface area contributed by atoms with E-state index in [0.29, 0.717) is 17.9 Å². The molecule has 0 spiro atoms. The Labute approximate surface area is 279 Å². The van der Waals surface area contributed by atoms with Crippen molar-refractivity contribution in [3.8, 4) is 11.8 Å². The van der Waals surface area contributed by atoms with Crippen molar-refractivity contribution in [3.05, 3.63) is 131 Å². The molecule has 0 bridgehead atoms. The summed E-state index contributed by atoms with van der Waals surface area (Å²) in [6.45, 7) is 8.37. The number of likely N-dealkylation sites (N-methyl/N-ethyl adjacent to an activating group) is 1. The Morgan fingerprint density at radius 1 is 0.956 bits per heavy atom. The van der Waals surface area contributed by atoms with Crippen LogP contribution in [0.4, 0.5) is 0 Å². The molecule has 0 radical (unpaired) electrons. The molecule has 0 atom stereocenters. The number of pyridine rings is 1. The SMILES string of the molecule is CCOC(=O)c1ccc(C#Cc2ccc3c(c2)C(C)(C)CCS3)nc1.CN(C)CCOC(c1ccccc1)c1ccccc1.Cl. The van der Waals surface area contributed by atoms with E-state index in [1.807, 2.05) is 23.9 Å². The number of rotatable bonds is 8. The van der Waals surface area contributed by atoms with Crippen molar-refractivity contribution in [1.29, 1.82) is 0 Å². The number of hydrogen-bond acceptors (Lipinski definition) is 6. The third-order valence-corrected chi connectivity index (χ3v) is 8.41. The lowest BCUT2D eigenvalue weighted by molar-refractivity contribution is 0.0526. The number of aromatic nitrogens is 1. The Morgan fingerprint density at radius 3 is 2.20 bits per heavy atom. The van der Waals surface area contributed by atoms with Crippen LogP contribution in [-0.4, -0.2) is 55.5 Å². The summed E-state index contributed by atoms with van der Waals surface area (Å²) in [7, 11) is 4.12. The van der Waals surface area contributed by atoms with Crippen LogP contribution in [-0.2, 0) is 14.9 Å². The molecule has 0 amide bonds. The molecule has 1 aliphatic heterocycles. The second-order valence-corrected chi connectivity index (χ2v) is 12.6. The van der Waals surface area contributed by atoms with E-state index in [9.17, 15) is 4.79 Å². The standard InChI is InChI=1S/C21H21NO2S.C17H21NO.ClH/c1-4-24-20(23)16-7-9-17(22-14-16)8-5-15-6-10-19-18(13-15)21(2,3)11-12-25-19;1-18(2)13-14-19-17(15-9-5-3-6-10-15)16-11-7-4-8-12-16;/h6-7,9-10,13-14H,4,11-12H2,1-3H3;3-12,17H,13-14H2,1-2H3;1H. The molecule has 0 unspecified atom stereocenters. The van der Waals surface area contributed by atoms with Crippen molar-refractivity contribution in [1.82, 2.24) is 9.88 Å². The zero-order valence-electron chi connectivity index (χ0n) is 26.8. The van der Waals surface area contributed by atoms with Gasteiger partial charge in [-0.3, -0.25) is 0 Å². The molecule has 3 aromatic carbocycles. The van der Waals surface area contributed by atoms with Gasteiger partial charge in [-0.1, -0.05) is 80.4 Å². The van der Waals surface area contributed by atoms with Crippen LogP contribution in [0.3, 0.4) is 0 Å². The second kappa shape index (κ2) is 17.8. The summed E-state index contributed by atoms with van der Waals surface area (Å²) in [6, 6.07) is 30.6. The molecule has 0 aliphatic carbocycles. The van der Waals surface area contributed by atoms with Gasteiger partial charge in [-0.05, 0) is 91.6 Å².